The fourth-order valence-corrected chi connectivity index (χ4v) is 4.58. The topological polar surface area (TPSA) is 106 Å². The van der Waals surface area contributed by atoms with Crippen LogP contribution in [0.2, 0.25) is 0 Å². The second kappa shape index (κ2) is 7.48. The highest BCUT2D eigenvalue weighted by Gasteiger charge is 2.37. The maximum absolute atomic E-state index is 13.0. The van der Waals surface area contributed by atoms with Gasteiger partial charge in [-0.15, -0.1) is 0 Å². The van der Waals surface area contributed by atoms with E-state index in [1.807, 2.05) is 12.1 Å². The molecule has 2 aromatic carbocycles. The highest BCUT2D eigenvalue weighted by molar-refractivity contribution is 5.90. The Bertz CT molecular complexity index is 1190. The normalized spacial score (nSPS) is 23.0. The molecule has 30 heavy (non-hydrogen) atoms. The van der Waals surface area contributed by atoms with Crippen LogP contribution in [0.15, 0.2) is 45.6 Å². The first-order chi connectivity index (χ1) is 14.5. The number of carboxylic acid groups (broad SMARTS) is 1. The lowest BCUT2D eigenvalue weighted by atomic mass is 9.98. The highest BCUT2D eigenvalue weighted by Crippen LogP contribution is 2.32. The molecular weight excluding hydrogens is 386 g/mol. The third-order valence-corrected chi connectivity index (χ3v) is 6.05. The summed E-state index contributed by atoms with van der Waals surface area (Å²) in [6.07, 6.45) is 1.49. The smallest absolute Gasteiger partial charge is 0.307 e. The number of hydrogen-bond acceptors (Lipinski definition) is 7. The Balaban J connectivity index is 1.53. The summed E-state index contributed by atoms with van der Waals surface area (Å²) in [5.41, 5.74) is 2.14. The molecule has 8 heteroatoms. The molecule has 0 aliphatic carbocycles. The maximum atomic E-state index is 13.0. The molecule has 2 unspecified atom stereocenters. The molecule has 5 rings (SSSR count). The lowest BCUT2D eigenvalue weighted by molar-refractivity contribution is -0.240. The minimum absolute atomic E-state index is 0.146. The number of hydrogen-bond donors (Lipinski definition) is 3. The van der Waals surface area contributed by atoms with Gasteiger partial charge in [-0.25, -0.2) is 0 Å². The summed E-state index contributed by atoms with van der Waals surface area (Å²) in [6.45, 7) is 2.71. The van der Waals surface area contributed by atoms with Gasteiger partial charge in [0, 0.05) is 13.1 Å². The number of fused-ring (bicyclic) bond motifs is 3. The first kappa shape index (κ1) is 19.2. The number of rotatable bonds is 3. The Morgan fingerprint density at radius 1 is 1.13 bits per heavy atom. The van der Waals surface area contributed by atoms with Crippen molar-refractivity contribution < 1.29 is 19.5 Å². The van der Waals surface area contributed by atoms with Crippen LogP contribution in [-0.2, 0) is 11.2 Å². The quantitative estimate of drug-likeness (QED) is 0.566. The van der Waals surface area contributed by atoms with E-state index >= 15 is 0 Å². The van der Waals surface area contributed by atoms with Crippen molar-refractivity contribution in [2.75, 3.05) is 19.6 Å². The standard InChI is InChI=1S/C22H23N3O5/c26-20(27)11-13-2-5-18-16(10-13)21(28)15-4-3-14(12-19(15)30-18)17-6-9-24-8-1-7-23-22(24)25(17)29/h2-5,10,12,17,22-23,29H,1,6-9,11H2,(H,26,27). The Morgan fingerprint density at radius 3 is 2.83 bits per heavy atom. The van der Waals surface area contributed by atoms with E-state index < -0.39 is 5.97 Å². The van der Waals surface area contributed by atoms with Crippen LogP contribution in [-0.4, -0.2) is 52.2 Å². The van der Waals surface area contributed by atoms with Crippen molar-refractivity contribution in [1.29, 1.82) is 0 Å². The van der Waals surface area contributed by atoms with Gasteiger partial charge in [-0.05, 0) is 54.8 Å². The van der Waals surface area contributed by atoms with Gasteiger partial charge in [-0.3, -0.25) is 19.8 Å². The van der Waals surface area contributed by atoms with E-state index in [1.54, 1.807) is 24.3 Å². The summed E-state index contributed by atoms with van der Waals surface area (Å²) in [4.78, 5) is 26.2. The second-order valence-corrected chi connectivity index (χ2v) is 7.99. The molecule has 0 amide bonds. The van der Waals surface area contributed by atoms with Crippen molar-refractivity contribution in [2.24, 2.45) is 0 Å². The van der Waals surface area contributed by atoms with Crippen LogP contribution in [0.5, 0.6) is 0 Å². The van der Waals surface area contributed by atoms with Gasteiger partial charge >= 0.3 is 5.97 Å². The SMILES string of the molecule is O=C(O)Cc1ccc2oc3cc(C4CCN5CCCNC5N4O)ccc3c(=O)c2c1. The average molecular weight is 409 g/mol. The molecule has 2 atom stereocenters. The number of hydroxylamine groups is 2. The Hall–Kier alpha value is -2.78. The molecule has 8 nitrogen and oxygen atoms in total. The number of carbonyl (C=O) groups is 1. The van der Waals surface area contributed by atoms with Gasteiger partial charge in [0.25, 0.3) is 0 Å². The van der Waals surface area contributed by atoms with Gasteiger partial charge in [0.15, 0.2) is 0 Å². The van der Waals surface area contributed by atoms with E-state index in [0.717, 1.165) is 38.0 Å². The van der Waals surface area contributed by atoms with Gasteiger partial charge < -0.3 is 14.7 Å². The molecule has 3 aromatic rings. The van der Waals surface area contributed by atoms with Crippen LogP contribution in [0, 0.1) is 0 Å². The van der Waals surface area contributed by atoms with E-state index in [4.69, 9.17) is 9.52 Å². The summed E-state index contributed by atoms with van der Waals surface area (Å²) in [5, 5.41) is 25.3. The maximum Gasteiger partial charge on any atom is 0.307 e. The third kappa shape index (κ3) is 3.27. The molecule has 0 bridgehead atoms. The Kier molecular flexibility index (Phi) is 4.79. The fraction of sp³-hybridized carbons (Fsp3) is 0.364. The van der Waals surface area contributed by atoms with Crippen molar-refractivity contribution in [3.63, 3.8) is 0 Å². The highest BCUT2D eigenvalue weighted by atomic mass is 16.5. The largest absolute Gasteiger partial charge is 0.481 e. The second-order valence-electron chi connectivity index (χ2n) is 7.99. The molecule has 0 saturated carbocycles. The average Bonchev–Trinajstić information content (AvgIpc) is 2.74. The first-order valence-corrected chi connectivity index (χ1v) is 10.2. The van der Waals surface area contributed by atoms with Crippen molar-refractivity contribution in [1.82, 2.24) is 15.3 Å². The lowest BCUT2D eigenvalue weighted by Gasteiger charge is -2.47. The van der Waals surface area contributed by atoms with E-state index in [-0.39, 0.29) is 24.2 Å². The van der Waals surface area contributed by atoms with E-state index in [9.17, 15) is 14.8 Å². The van der Waals surface area contributed by atoms with E-state index in [1.165, 1.54) is 5.06 Å². The Morgan fingerprint density at radius 2 is 2.00 bits per heavy atom. The van der Waals surface area contributed by atoms with Gasteiger partial charge in [-0.1, -0.05) is 12.1 Å². The predicted molar refractivity (Wildman–Crippen MR) is 110 cm³/mol. The van der Waals surface area contributed by atoms with Crippen LogP contribution >= 0.6 is 0 Å². The number of aliphatic carboxylic acids is 1. The van der Waals surface area contributed by atoms with Crippen molar-refractivity contribution in [3.8, 4) is 0 Å². The zero-order valence-corrected chi connectivity index (χ0v) is 16.4. The summed E-state index contributed by atoms with van der Waals surface area (Å²) < 4.78 is 5.99. The Labute approximate surface area is 172 Å². The lowest BCUT2D eigenvalue weighted by Crippen LogP contribution is -2.63. The molecule has 1 aromatic heterocycles. The molecule has 156 valence electrons. The number of nitrogens with one attached hydrogen (secondary N) is 1. The molecule has 2 aliphatic heterocycles. The van der Waals surface area contributed by atoms with Gasteiger partial charge in [-0.2, -0.15) is 5.06 Å². The number of nitrogens with zero attached hydrogens (tertiary/aromatic N) is 2. The van der Waals surface area contributed by atoms with E-state index in [2.05, 4.69) is 10.2 Å². The molecule has 2 fully saturated rings. The van der Waals surface area contributed by atoms with Crippen LogP contribution in [0.1, 0.15) is 30.0 Å². The fourth-order valence-electron chi connectivity index (χ4n) is 4.58. The van der Waals surface area contributed by atoms with Crippen LogP contribution in [0.3, 0.4) is 0 Å². The van der Waals surface area contributed by atoms with Gasteiger partial charge in [0.05, 0.1) is 23.2 Å². The van der Waals surface area contributed by atoms with E-state index in [0.29, 0.717) is 27.5 Å². The van der Waals surface area contributed by atoms with Crippen molar-refractivity contribution in [3.05, 3.63) is 57.7 Å². The third-order valence-electron chi connectivity index (χ3n) is 6.05. The van der Waals surface area contributed by atoms with Crippen LogP contribution < -0.4 is 10.7 Å². The molecule has 3 N–H and O–H groups in total. The first-order valence-electron chi connectivity index (χ1n) is 10.2. The number of carboxylic acids is 1. The summed E-state index contributed by atoms with van der Waals surface area (Å²) in [6, 6.07) is 10.1. The molecule has 0 spiro atoms. The van der Waals surface area contributed by atoms with Gasteiger partial charge in [0.2, 0.25) is 5.43 Å². The predicted octanol–water partition coefficient (Wildman–Crippen LogP) is 2.29. The molecule has 2 aliphatic rings. The summed E-state index contributed by atoms with van der Waals surface area (Å²) in [7, 11) is 0. The minimum Gasteiger partial charge on any atom is -0.481 e. The monoisotopic (exact) mass is 409 g/mol. The molecule has 0 radical (unpaired) electrons. The summed E-state index contributed by atoms with van der Waals surface area (Å²) >= 11 is 0. The molecule has 2 saturated heterocycles. The van der Waals surface area contributed by atoms with Crippen molar-refractivity contribution in [2.45, 2.75) is 31.6 Å². The molecular formula is C22H23N3O5. The minimum atomic E-state index is -0.948. The van der Waals surface area contributed by atoms with Crippen molar-refractivity contribution >= 4 is 27.9 Å². The van der Waals surface area contributed by atoms with Gasteiger partial charge in [0.1, 0.15) is 17.5 Å². The summed E-state index contributed by atoms with van der Waals surface area (Å²) in [5.74, 6) is -0.948. The van der Waals surface area contributed by atoms with Crippen LogP contribution in [0.4, 0.5) is 0 Å². The zero-order chi connectivity index (χ0) is 20.8. The molecule has 3 heterocycles. The van der Waals surface area contributed by atoms with Crippen LogP contribution in [0.25, 0.3) is 21.9 Å². The number of benzene rings is 2. The zero-order valence-electron chi connectivity index (χ0n) is 16.4.